The van der Waals surface area contributed by atoms with Crippen molar-refractivity contribution in [3.63, 3.8) is 0 Å². The van der Waals surface area contributed by atoms with Gasteiger partial charge < -0.3 is 10.1 Å². The highest BCUT2D eigenvalue weighted by Gasteiger charge is 2.28. The van der Waals surface area contributed by atoms with E-state index in [4.69, 9.17) is 10.00 Å². The second-order valence-corrected chi connectivity index (χ2v) is 3.99. The highest BCUT2D eigenvalue weighted by Crippen LogP contribution is 2.25. The molecule has 1 amide bonds. The van der Waals surface area contributed by atoms with Gasteiger partial charge in [-0.25, -0.2) is 4.79 Å². The van der Waals surface area contributed by atoms with Crippen molar-refractivity contribution >= 4 is 17.6 Å². The quantitative estimate of drug-likeness (QED) is 0.828. The Labute approximate surface area is 110 Å². The van der Waals surface area contributed by atoms with E-state index in [9.17, 15) is 9.59 Å². The van der Waals surface area contributed by atoms with E-state index >= 15 is 0 Å². The molecular weight excluding hydrogens is 244 g/mol. The molecule has 1 N–H and O–H groups in total. The Balaban J connectivity index is 2.38. The molecular formula is C14H12N2O3. The van der Waals surface area contributed by atoms with Gasteiger partial charge in [0.05, 0.1) is 35.9 Å². The van der Waals surface area contributed by atoms with E-state index in [1.54, 1.807) is 31.2 Å². The maximum absolute atomic E-state index is 11.8. The molecule has 0 aromatic heterocycles. The Morgan fingerprint density at radius 3 is 2.68 bits per heavy atom. The van der Waals surface area contributed by atoms with E-state index in [0.29, 0.717) is 22.4 Å². The number of nitrogens with one attached hydrogen (secondary N) is 1. The summed E-state index contributed by atoms with van der Waals surface area (Å²) in [5.74, 6) is -0.720. The van der Waals surface area contributed by atoms with Gasteiger partial charge in [-0.1, -0.05) is 12.1 Å². The van der Waals surface area contributed by atoms with Gasteiger partial charge in [-0.15, -0.1) is 0 Å². The molecule has 0 atom stereocenters. The summed E-state index contributed by atoms with van der Waals surface area (Å²) in [6.45, 7) is 1.97. The zero-order valence-corrected chi connectivity index (χ0v) is 10.4. The summed E-state index contributed by atoms with van der Waals surface area (Å²) in [6, 6.07) is 8.67. The van der Waals surface area contributed by atoms with Gasteiger partial charge in [0.15, 0.2) is 0 Å². The molecule has 1 aliphatic heterocycles. The van der Waals surface area contributed by atoms with E-state index in [-0.39, 0.29) is 18.9 Å². The van der Waals surface area contributed by atoms with Crippen molar-refractivity contribution in [2.45, 2.75) is 13.3 Å². The number of benzene rings is 1. The SMILES string of the molecule is CCOC(=O)C1=C(c2ccc(C#N)cc2)NC(=O)C1. The lowest BCUT2D eigenvalue weighted by Gasteiger charge is -2.06. The van der Waals surface area contributed by atoms with Crippen molar-refractivity contribution in [1.29, 1.82) is 5.26 Å². The Morgan fingerprint density at radius 2 is 2.11 bits per heavy atom. The summed E-state index contributed by atoms with van der Waals surface area (Å²) in [7, 11) is 0. The minimum atomic E-state index is -0.486. The van der Waals surface area contributed by atoms with Gasteiger partial charge in [0.2, 0.25) is 5.91 Å². The predicted molar refractivity (Wildman–Crippen MR) is 67.5 cm³/mol. The number of carbonyl (C=O) groups excluding carboxylic acids is 2. The molecule has 5 nitrogen and oxygen atoms in total. The van der Waals surface area contributed by atoms with Crippen LogP contribution < -0.4 is 5.32 Å². The summed E-state index contributed by atoms with van der Waals surface area (Å²) in [4.78, 5) is 23.2. The van der Waals surface area contributed by atoms with E-state index < -0.39 is 5.97 Å². The molecule has 0 fully saturated rings. The fourth-order valence-corrected chi connectivity index (χ4v) is 1.86. The average Bonchev–Trinajstić information content (AvgIpc) is 2.81. The second-order valence-electron chi connectivity index (χ2n) is 3.99. The van der Waals surface area contributed by atoms with Crippen LogP contribution in [0.25, 0.3) is 5.70 Å². The fourth-order valence-electron chi connectivity index (χ4n) is 1.86. The molecule has 0 saturated carbocycles. The Morgan fingerprint density at radius 1 is 1.42 bits per heavy atom. The van der Waals surface area contributed by atoms with Crippen LogP contribution in [0.5, 0.6) is 0 Å². The van der Waals surface area contributed by atoms with Crippen LogP contribution in [-0.4, -0.2) is 18.5 Å². The van der Waals surface area contributed by atoms with Gasteiger partial charge in [0, 0.05) is 0 Å². The number of ether oxygens (including phenoxy) is 1. The van der Waals surface area contributed by atoms with E-state index in [2.05, 4.69) is 5.32 Å². The number of amides is 1. The molecule has 1 heterocycles. The molecule has 19 heavy (non-hydrogen) atoms. The number of carbonyl (C=O) groups is 2. The molecule has 5 heteroatoms. The zero-order valence-electron chi connectivity index (χ0n) is 10.4. The first-order chi connectivity index (χ1) is 9.15. The van der Waals surface area contributed by atoms with Crippen LogP contribution >= 0.6 is 0 Å². The first-order valence-corrected chi connectivity index (χ1v) is 5.86. The van der Waals surface area contributed by atoms with Gasteiger partial charge in [-0.3, -0.25) is 4.79 Å². The van der Waals surface area contributed by atoms with Crippen LogP contribution in [0, 0.1) is 11.3 Å². The van der Waals surface area contributed by atoms with Crippen molar-refractivity contribution in [3.8, 4) is 6.07 Å². The largest absolute Gasteiger partial charge is 0.463 e. The number of esters is 1. The summed E-state index contributed by atoms with van der Waals surface area (Å²) < 4.78 is 4.93. The van der Waals surface area contributed by atoms with Crippen LogP contribution in [0.1, 0.15) is 24.5 Å². The molecule has 1 aromatic rings. The van der Waals surface area contributed by atoms with E-state index in [1.165, 1.54) is 0 Å². The topological polar surface area (TPSA) is 79.2 Å². The van der Waals surface area contributed by atoms with Gasteiger partial charge in [0.1, 0.15) is 0 Å². The number of rotatable bonds is 3. The molecule has 0 aliphatic carbocycles. The molecule has 1 aliphatic rings. The minimum absolute atomic E-state index is 0.0220. The standard InChI is InChI=1S/C14H12N2O3/c1-2-19-14(18)11-7-12(17)16-13(11)10-5-3-9(8-15)4-6-10/h3-6H,2,7H2,1H3,(H,16,17). The molecule has 0 spiro atoms. The molecule has 1 aromatic carbocycles. The smallest absolute Gasteiger partial charge is 0.336 e. The van der Waals surface area contributed by atoms with Gasteiger partial charge in [0.25, 0.3) is 0 Å². The summed E-state index contributed by atoms with van der Waals surface area (Å²) >= 11 is 0. The maximum Gasteiger partial charge on any atom is 0.336 e. The molecule has 2 rings (SSSR count). The van der Waals surface area contributed by atoms with Crippen molar-refractivity contribution in [2.75, 3.05) is 6.61 Å². The fraction of sp³-hybridized carbons (Fsp3) is 0.214. The van der Waals surface area contributed by atoms with Crippen LogP contribution in [0.4, 0.5) is 0 Å². The van der Waals surface area contributed by atoms with Gasteiger partial charge in [-0.05, 0) is 24.6 Å². The molecule has 0 bridgehead atoms. The third-order valence-corrected chi connectivity index (χ3v) is 2.73. The third kappa shape index (κ3) is 2.63. The lowest BCUT2D eigenvalue weighted by Crippen LogP contribution is -2.14. The Bertz CT molecular complexity index is 594. The highest BCUT2D eigenvalue weighted by molar-refractivity contribution is 6.09. The van der Waals surface area contributed by atoms with E-state index in [0.717, 1.165) is 0 Å². The zero-order chi connectivity index (χ0) is 13.8. The number of nitrogens with zero attached hydrogens (tertiary/aromatic N) is 1. The Hall–Kier alpha value is -2.61. The normalized spacial score (nSPS) is 14.0. The molecule has 0 unspecified atom stereocenters. The molecule has 96 valence electrons. The van der Waals surface area contributed by atoms with Crippen molar-refractivity contribution in [3.05, 3.63) is 41.0 Å². The maximum atomic E-state index is 11.8. The summed E-state index contributed by atoms with van der Waals surface area (Å²) in [5.41, 5.74) is 2.00. The van der Waals surface area contributed by atoms with E-state index in [1.807, 2.05) is 6.07 Å². The number of hydrogen-bond acceptors (Lipinski definition) is 4. The summed E-state index contributed by atoms with van der Waals surface area (Å²) in [5, 5.41) is 11.4. The second kappa shape index (κ2) is 5.36. The van der Waals surface area contributed by atoms with Crippen LogP contribution in [0.2, 0.25) is 0 Å². The highest BCUT2D eigenvalue weighted by atomic mass is 16.5. The number of hydrogen-bond donors (Lipinski definition) is 1. The first-order valence-electron chi connectivity index (χ1n) is 5.86. The van der Waals surface area contributed by atoms with Crippen LogP contribution in [-0.2, 0) is 14.3 Å². The Kier molecular flexibility index (Phi) is 3.62. The lowest BCUT2D eigenvalue weighted by atomic mass is 10.1. The number of nitriles is 1. The van der Waals surface area contributed by atoms with Crippen LogP contribution in [0.3, 0.4) is 0 Å². The predicted octanol–water partition coefficient (Wildman–Crippen LogP) is 1.35. The van der Waals surface area contributed by atoms with Crippen LogP contribution in [0.15, 0.2) is 29.8 Å². The van der Waals surface area contributed by atoms with Crippen molar-refractivity contribution < 1.29 is 14.3 Å². The molecule has 0 saturated heterocycles. The van der Waals surface area contributed by atoms with Crippen molar-refractivity contribution in [2.24, 2.45) is 0 Å². The first kappa shape index (κ1) is 12.8. The monoisotopic (exact) mass is 256 g/mol. The average molecular weight is 256 g/mol. The summed E-state index contributed by atoms with van der Waals surface area (Å²) in [6.07, 6.45) is 0.0220. The van der Waals surface area contributed by atoms with Crippen molar-refractivity contribution in [1.82, 2.24) is 5.32 Å². The molecule has 0 radical (unpaired) electrons. The van der Waals surface area contributed by atoms with Gasteiger partial charge >= 0.3 is 5.97 Å². The lowest BCUT2D eigenvalue weighted by molar-refractivity contribution is -0.139. The third-order valence-electron chi connectivity index (χ3n) is 2.73. The van der Waals surface area contributed by atoms with Gasteiger partial charge in [-0.2, -0.15) is 5.26 Å². The minimum Gasteiger partial charge on any atom is -0.463 e.